The second-order valence-corrected chi connectivity index (χ2v) is 5.77. The minimum Gasteiger partial charge on any atom is -0.392 e. The number of amides is 1. The van der Waals surface area contributed by atoms with Crippen LogP contribution in [0, 0.1) is 6.92 Å². The van der Waals surface area contributed by atoms with Gasteiger partial charge in [-0.1, -0.05) is 35.9 Å². The van der Waals surface area contributed by atoms with Gasteiger partial charge in [0, 0.05) is 17.1 Å². The van der Waals surface area contributed by atoms with Crippen molar-refractivity contribution in [2.75, 3.05) is 5.32 Å². The monoisotopic (exact) mass is 317 g/mol. The smallest absolute Gasteiger partial charge is 0.224 e. The lowest BCUT2D eigenvalue weighted by atomic mass is 10.1. The molecule has 0 heterocycles. The lowest BCUT2D eigenvalue weighted by Crippen LogP contribution is -2.12. The third-order valence-electron chi connectivity index (χ3n) is 3.54. The van der Waals surface area contributed by atoms with Crippen LogP contribution in [0.15, 0.2) is 42.5 Å². The summed E-state index contributed by atoms with van der Waals surface area (Å²) in [5.74, 6) is -0.00727. The van der Waals surface area contributed by atoms with Gasteiger partial charge < -0.3 is 10.4 Å². The number of aliphatic hydroxyl groups excluding tert-OH is 1. The Bertz CT molecular complexity index is 638. The molecule has 2 rings (SSSR count). The van der Waals surface area contributed by atoms with Crippen molar-refractivity contribution in [3.05, 3.63) is 64.2 Å². The molecule has 0 saturated carbocycles. The van der Waals surface area contributed by atoms with Crippen LogP contribution < -0.4 is 5.32 Å². The number of rotatable bonds is 6. The van der Waals surface area contributed by atoms with E-state index in [-0.39, 0.29) is 12.5 Å². The quantitative estimate of drug-likeness (QED) is 0.842. The van der Waals surface area contributed by atoms with Gasteiger partial charge in [-0.2, -0.15) is 0 Å². The topological polar surface area (TPSA) is 49.3 Å². The van der Waals surface area contributed by atoms with E-state index in [1.54, 1.807) is 0 Å². The van der Waals surface area contributed by atoms with Crippen LogP contribution in [0.5, 0.6) is 0 Å². The van der Waals surface area contributed by atoms with Crippen LogP contribution in [0.1, 0.15) is 29.5 Å². The zero-order valence-corrected chi connectivity index (χ0v) is 13.4. The van der Waals surface area contributed by atoms with Crippen LogP contribution in [0.2, 0.25) is 5.02 Å². The predicted molar refractivity (Wildman–Crippen MR) is 90.1 cm³/mol. The zero-order chi connectivity index (χ0) is 15.9. The molecule has 0 bridgehead atoms. The van der Waals surface area contributed by atoms with Crippen molar-refractivity contribution in [3.8, 4) is 0 Å². The highest BCUT2D eigenvalue weighted by atomic mass is 35.5. The third-order valence-corrected chi connectivity index (χ3v) is 3.79. The normalized spacial score (nSPS) is 10.5. The number of hydrogen-bond acceptors (Lipinski definition) is 2. The van der Waals surface area contributed by atoms with E-state index >= 15 is 0 Å². The molecule has 0 fully saturated rings. The summed E-state index contributed by atoms with van der Waals surface area (Å²) in [6, 6.07) is 13.2. The van der Waals surface area contributed by atoms with E-state index in [1.807, 2.05) is 49.4 Å². The van der Waals surface area contributed by atoms with Gasteiger partial charge in [0.1, 0.15) is 0 Å². The van der Waals surface area contributed by atoms with Gasteiger partial charge in [0.25, 0.3) is 0 Å². The van der Waals surface area contributed by atoms with Crippen molar-refractivity contribution >= 4 is 23.2 Å². The Morgan fingerprint density at radius 3 is 2.50 bits per heavy atom. The lowest BCUT2D eigenvalue weighted by molar-refractivity contribution is -0.116. The molecule has 3 nitrogen and oxygen atoms in total. The first-order valence-electron chi connectivity index (χ1n) is 7.33. The van der Waals surface area contributed by atoms with Crippen LogP contribution in [0.3, 0.4) is 0 Å². The molecule has 0 aliphatic carbocycles. The van der Waals surface area contributed by atoms with Crippen molar-refractivity contribution in [1.82, 2.24) is 0 Å². The number of aliphatic hydroxyl groups is 1. The first-order chi connectivity index (χ1) is 10.6. The van der Waals surface area contributed by atoms with Crippen LogP contribution in [-0.4, -0.2) is 11.0 Å². The largest absolute Gasteiger partial charge is 0.392 e. The number of nitrogens with one attached hydrogen (secondary N) is 1. The van der Waals surface area contributed by atoms with Crippen molar-refractivity contribution in [2.24, 2.45) is 0 Å². The number of carbonyl (C=O) groups excluding carboxylic acids is 1. The predicted octanol–water partition coefficient (Wildman–Crippen LogP) is 4.10. The molecule has 22 heavy (non-hydrogen) atoms. The Labute approximate surface area is 135 Å². The second kappa shape index (κ2) is 7.97. The maximum Gasteiger partial charge on any atom is 0.224 e. The SMILES string of the molecule is Cc1ccc(CO)cc1NC(=O)CCCc1ccc(Cl)cc1. The standard InChI is InChI=1S/C18H20ClNO2/c1-13-5-6-15(12-21)11-17(13)20-18(22)4-2-3-14-7-9-16(19)10-8-14/h5-11,21H,2-4,12H2,1H3,(H,20,22). The first-order valence-corrected chi connectivity index (χ1v) is 7.71. The fourth-order valence-electron chi connectivity index (χ4n) is 2.22. The molecule has 2 aromatic rings. The molecule has 0 radical (unpaired) electrons. The summed E-state index contributed by atoms with van der Waals surface area (Å²) in [6.07, 6.45) is 2.10. The lowest BCUT2D eigenvalue weighted by Gasteiger charge is -2.10. The number of carbonyl (C=O) groups is 1. The molecular weight excluding hydrogens is 298 g/mol. The molecule has 1 amide bonds. The highest BCUT2D eigenvalue weighted by Crippen LogP contribution is 2.18. The molecule has 2 N–H and O–H groups in total. The molecule has 0 aromatic heterocycles. The minimum atomic E-state index is -0.0281. The fraction of sp³-hybridized carbons (Fsp3) is 0.278. The Morgan fingerprint density at radius 1 is 1.14 bits per heavy atom. The molecular formula is C18H20ClNO2. The number of hydrogen-bond donors (Lipinski definition) is 2. The minimum absolute atomic E-state index is 0.00727. The molecule has 116 valence electrons. The maximum absolute atomic E-state index is 12.0. The summed E-state index contributed by atoms with van der Waals surface area (Å²) in [5, 5.41) is 12.8. The Kier molecular flexibility index (Phi) is 5.99. The van der Waals surface area contributed by atoms with Gasteiger partial charge in [0.15, 0.2) is 0 Å². The van der Waals surface area contributed by atoms with Gasteiger partial charge in [-0.3, -0.25) is 4.79 Å². The van der Waals surface area contributed by atoms with Crippen LogP contribution in [-0.2, 0) is 17.8 Å². The average Bonchev–Trinajstić information content (AvgIpc) is 2.51. The number of anilines is 1. The summed E-state index contributed by atoms with van der Waals surface area (Å²) in [5.41, 5.74) is 3.73. The zero-order valence-electron chi connectivity index (χ0n) is 12.6. The molecule has 4 heteroatoms. The van der Waals surface area contributed by atoms with E-state index in [2.05, 4.69) is 5.32 Å². The van der Waals surface area contributed by atoms with Gasteiger partial charge >= 0.3 is 0 Å². The molecule has 2 aromatic carbocycles. The highest BCUT2D eigenvalue weighted by Gasteiger charge is 2.06. The van der Waals surface area contributed by atoms with E-state index in [4.69, 9.17) is 16.7 Å². The third kappa shape index (κ3) is 4.86. The van der Waals surface area contributed by atoms with Crippen LogP contribution >= 0.6 is 11.6 Å². The van der Waals surface area contributed by atoms with Gasteiger partial charge in [-0.05, 0) is 54.7 Å². The highest BCUT2D eigenvalue weighted by molar-refractivity contribution is 6.30. The molecule has 0 spiro atoms. The summed E-state index contributed by atoms with van der Waals surface area (Å²) in [7, 11) is 0. The van der Waals surface area contributed by atoms with Gasteiger partial charge in [-0.25, -0.2) is 0 Å². The van der Waals surface area contributed by atoms with Crippen LogP contribution in [0.25, 0.3) is 0 Å². The number of aryl methyl sites for hydroxylation is 2. The van der Waals surface area contributed by atoms with Crippen molar-refractivity contribution < 1.29 is 9.90 Å². The van der Waals surface area contributed by atoms with E-state index in [9.17, 15) is 4.79 Å². The second-order valence-electron chi connectivity index (χ2n) is 5.34. The summed E-state index contributed by atoms with van der Waals surface area (Å²) in [4.78, 5) is 12.0. The van der Waals surface area contributed by atoms with Crippen molar-refractivity contribution in [3.63, 3.8) is 0 Å². The van der Waals surface area contributed by atoms with Crippen molar-refractivity contribution in [2.45, 2.75) is 32.8 Å². The molecule has 0 aliphatic rings. The first kappa shape index (κ1) is 16.5. The van der Waals surface area contributed by atoms with Gasteiger partial charge in [0.05, 0.1) is 6.61 Å². The van der Waals surface area contributed by atoms with E-state index < -0.39 is 0 Å². The molecule has 0 aliphatic heterocycles. The van der Waals surface area contributed by atoms with E-state index in [0.717, 1.165) is 34.7 Å². The summed E-state index contributed by atoms with van der Waals surface area (Å²) >= 11 is 5.84. The van der Waals surface area contributed by atoms with Gasteiger partial charge in [-0.15, -0.1) is 0 Å². The number of halogens is 1. The molecule has 0 saturated heterocycles. The van der Waals surface area contributed by atoms with Crippen molar-refractivity contribution in [1.29, 1.82) is 0 Å². The van der Waals surface area contributed by atoms with E-state index in [0.29, 0.717) is 6.42 Å². The van der Waals surface area contributed by atoms with Gasteiger partial charge in [0.2, 0.25) is 5.91 Å². The summed E-state index contributed by atoms with van der Waals surface area (Å²) in [6.45, 7) is 1.91. The van der Waals surface area contributed by atoms with E-state index in [1.165, 1.54) is 5.56 Å². The Balaban J connectivity index is 1.84. The summed E-state index contributed by atoms with van der Waals surface area (Å²) < 4.78 is 0. The Morgan fingerprint density at radius 2 is 1.82 bits per heavy atom. The average molecular weight is 318 g/mol. The Hall–Kier alpha value is -1.84. The molecule has 0 atom stereocenters. The number of benzene rings is 2. The fourth-order valence-corrected chi connectivity index (χ4v) is 2.35. The molecule has 0 unspecified atom stereocenters. The maximum atomic E-state index is 12.0. The van der Waals surface area contributed by atoms with Crippen LogP contribution in [0.4, 0.5) is 5.69 Å².